The molecule has 1 saturated carbocycles. The first-order chi connectivity index (χ1) is 7.02. The molecule has 2 unspecified atom stereocenters. The Bertz CT molecular complexity index is 345. The molecule has 82 valence electrons. The van der Waals surface area contributed by atoms with E-state index in [1.165, 1.54) is 6.07 Å². The van der Waals surface area contributed by atoms with Gasteiger partial charge >= 0.3 is 6.18 Å². The van der Waals surface area contributed by atoms with Crippen LogP contribution in [0.25, 0.3) is 0 Å². The molecule has 1 fully saturated rings. The van der Waals surface area contributed by atoms with E-state index in [2.05, 4.69) is 4.98 Å². The van der Waals surface area contributed by atoms with Crippen molar-refractivity contribution in [3.63, 3.8) is 0 Å². The van der Waals surface area contributed by atoms with E-state index in [-0.39, 0.29) is 5.92 Å². The van der Waals surface area contributed by atoms with Crippen LogP contribution in [0, 0.1) is 5.92 Å². The molecule has 1 aromatic heterocycles. The molecular formula is C10H11F3N2. The minimum Gasteiger partial charge on any atom is -0.330 e. The third-order valence-corrected chi connectivity index (χ3v) is 2.72. The number of pyridine rings is 1. The molecule has 0 saturated heterocycles. The molecule has 0 aromatic carbocycles. The minimum atomic E-state index is -4.30. The van der Waals surface area contributed by atoms with Crippen LogP contribution in [0.15, 0.2) is 18.3 Å². The maximum absolute atomic E-state index is 12.2. The molecule has 1 aromatic rings. The highest BCUT2D eigenvalue weighted by atomic mass is 19.4. The fourth-order valence-corrected chi connectivity index (χ4v) is 1.66. The first-order valence-corrected chi connectivity index (χ1v) is 4.75. The third kappa shape index (κ3) is 2.12. The highest BCUT2D eigenvalue weighted by Gasteiger charge is 2.38. The predicted molar refractivity (Wildman–Crippen MR) is 49.1 cm³/mol. The van der Waals surface area contributed by atoms with E-state index in [1.54, 1.807) is 0 Å². The Morgan fingerprint density at radius 2 is 2.13 bits per heavy atom. The van der Waals surface area contributed by atoms with Crippen molar-refractivity contribution in [2.45, 2.75) is 18.5 Å². The zero-order valence-corrected chi connectivity index (χ0v) is 7.96. The lowest BCUT2D eigenvalue weighted by Crippen LogP contribution is -2.06. The van der Waals surface area contributed by atoms with E-state index < -0.39 is 11.7 Å². The lowest BCUT2D eigenvalue weighted by Gasteiger charge is -2.06. The molecule has 0 radical (unpaired) electrons. The largest absolute Gasteiger partial charge is 0.417 e. The number of nitrogens with two attached hydrogens (primary N) is 1. The zero-order chi connectivity index (χ0) is 11.1. The van der Waals surface area contributed by atoms with Crippen molar-refractivity contribution >= 4 is 0 Å². The first kappa shape index (κ1) is 10.4. The van der Waals surface area contributed by atoms with Gasteiger partial charge in [-0.25, -0.2) is 0 Å². The Balaban J connectivity index is 2.12. The second-order valence-corrected chi connectivity index (χ2v) is 3.81. The number of aromatic nitrogens is 1. The molecule has 5 heteroatoms. The third-order valence-electron chi connectivity index (χ3n) is 2.72. The van der Waals surface area contributed by atoms with Crippen molar-refractivity contribution < 1.29 is 13.2 Å². The first-order valence-electron chi connectivity index (χ1n) is 4.75. The van der Waals surface area contributed by atoms with Crippen LogP contribution in [-0.2, 0) is 6.18 Å². The molecule has 1 aliphatic rings. The average Bonchev–Trinajstić information content (AvgIpc) is 2.95. The monoisotopic (exact) mass is 216 g/mol. The fourth-order valence-electron chi connectivity index (χ4n) is 1.66. The Morgan fingerprint density at radius 3 is 2.53 bits per heavy atom. The van der Waals surface area contributed by atoms with Gasteiger partial charge in [0, 0.05) is 17.8 Å². The van der Waals surface area contributed by atoms with Gasteiger partial charge in [-0.1, -0.05) is 0 Å². The zero-order valence-electron chi connectivity index (χ0n) is 7.96. The minimum absolute atomic E-state index is 0.261. The van der Waals surface area contributed by atoms with Crippen LogP contribution in [0.2, 0.25) is 0 Å². The number of rotatable bonds is 2. The highest BCUT2D eigenvalue weighted by molar-refractivity contribution is 5.23. The summed E-state index contributed by atoms with van der Waals surface area (Å²) in [6, 6.07) is 2.53. The van der Waals surface area contributed by atoms with Crippen molar-refractivity contribution in [1.82, 2.24) is 4.98 Å². The molecule has 0 aliphatic heterocycles. The summed E-state index contributed by atoms with van der Waals surface area (Å²) in [5.41, 5.74) is 5.48. The summed E-state index contributed by atoms with van der Waals surface area (Å²) >= 11 is 0. The second-order valence-electron chi connectivity index (χ2n) is 3.81. The molecule has 2 atom stereocenters. The number of halogens is 3. The van der Waals surface area contributed by atoms with Gasteiger partial charge in [-0.05, 0) is 31.0 Å². The van der Waals surface area contributed by atoms with Gasteiger partial charge in [-0.3, -0.25) is 4.98 Å². The molecule has 1 aliphatic carbocycles. The van der Waals surface area contributed by atoms with Gasteiger partial charge < -0.3 is 5.73 Å². The van der Waals surface area contributed by atoms with Crippen molar-refractivity contribution in [2.75, 3.05) is 6.54 Å². The Labute approximate surface area is 85.3 Å². The van der Waals surface area contributed by atoms with E-state index in [9.17, 15) is 13.2 Å². The second kappa shape index (κ2) is 3.48. The lowest BCUT2D eigenvalue weighted by molar-refractivity contribution is -0.137. The summed E-state index contributed by atoms with van der Waals surface area (Å²) in [5.74, 6) is 0.659. The molecule has 0 amide bonds. The summed E-state index contributed by atoms with van der Waals surface area (Å²) in [4.78, 5) is 3.83. The SMILES string of the molecule is NCC1CC1c1ccc(C(F)(F)F)cn1. The average molecular weight is 216 g/mol. The maximum Gasteiger partial charge on any atom is 0.417 e. The van der Waals surface area contributed by atoms with E-state index >= 15 is 0 Å². The van der Waals surface area contributed by atoms with Gasteiger partial charge in [0.25, 0.3) is 0 Å². The quantitative estimate of drug-likeness (QED) is 0.822. The Morgan fingerprint density at radius 1 is 1.40 bits per heavy atom. The van der Waals surface area contributed by atoms with Gasteiger partial charge in [0.15, 0.2) is 0 Å². The van der Waals surface area contributed by atoms with Crippen LogP contribution < -0.4 is 5.73 Å². The Kier molecular flexibility index (Phi) is 2.42. The van der Waals surface area contributed by atoms with E-state index in [0.717, 1.165) is 24.4 Å². The van der Waals surface area contributed by atoms with Gasteiger partial charge in [-0.15, -0.1) is 0 Å². The molecule has 2 nitrogen and oxygen atoms in total. The normalized spacial score (nSPS) is 25.3. The van der Waals surface area contributed by atoms with Crippen LogP contribution in [0.3, 0.4) is 0 Å². The van der Waals surface area contributed by atoms with Crippen molar-refractivity contribution in [1.29, 1.82) is 0 Å². The van der Waals surface area contributed by atoms with E-state index in [0.29, 0.717) is 12.5 Å². The molecule has 1 heterocycles. The van der Waals surface area contributed by atoms with Crippen LogP contribution in [0.1, 0.15) is 23.6 Å². The highest BCUT2D eigenvalue weighted by Crippen LogP contribution is 2.45. The molecule has 0 bridgehead atoms. The fraction of sp³-hybridized carbons (Fsp3) is 0.500. The summed E-state index contributed by atoms with van der Waals surface area (Å²) in [5, 5.41) is 0. The predicted octanol–water partition coefficient (Wildman–Crippen LogP) is 2.16. The van der Waals surface area contributed by atoms with Gasteiger partial charge in [0.2, 0.25) is 0 Å². The van der Waals surface area contributed by atoms with Crippen LogP contribution >= 0.6 is 0 Å². The van der Waals surface area contributed by atoms with Gasteiger partial charge in [-0.2, -0.15) is 13.2 Å². The molecule has 2 rings (SSSR count). The summed E-state index contributed by atoms with van der Waals surface area (Å²) < 4.78 is 36.7. The standard InChI is InChI=1S/C10H11F3N2/c11-10(12,13)7-1-2-9(15-5-7)8-3-6(8)4-14/h1-2,5-6,8H,3-4,14H2. The van der Waals surface area contributed by atoms with Crippen LogP contribution in [-0.4, -0.2) is 11.5 Å². The van der Waals surface area contributed by atoms with Gasteiger partial charge in [0.1, 0.15) is 0 Å². The van der Waals surface area contributed by atoms with Crippen LogP contribution in [0.5, 0.6) is 0 Å². The molecular weight excluding hydrogens is 205 g/mol. The van der Waals surface area contributed by atoms with E-state index in [1.807, 2.05) is 0 Å². The summed E-state index contributed by atoms with van der Waals surface area (Å²) in [7, 11) is 0. The molecule has 0 spiro atoms. The maximum atomic E-state index is 12.2. The van der Waals surface area contributed by atoms with Gasteiger partial charge in [0.05, 0.1) is 5.56 Å². The van der Waals surface area contributed by atoms with E-state index in [4.69, 9.17) is 5.73 Å². The van der Waals surface area contributed by atoms with Crippen molar-refractivity contribution in [3.05, 3.63) is 29.6 Å². The summed E-state index contributed by atoms with van der Waals surface area (Å²) in [6.07, 6.45) is -2.47. The molecule has 15 heavy (non-hydrogen) atoms. The number of nitrogens with zero attached hydrogens (tertiary/aromatic N) is 1. The topological polar surface area (TPSA) is 38.9 Å². The lowest BCUT2D eigenvalue weighted by atomic mass is 10.2. The Hall–Kier alpha value is -1.10. The summed E-state index contributed by atoms with van der Waals surface area (Å²) in [6.45, 7) is 0.577. The van der Waals surface area contributed by atoms with Crippen LogP contribution in [0.4, 0.5) is 13.2 Å². The smallest absolute Gasteiger partial charge is 0.330 e. The number of alkyl halides is 3. The van der Waals surface area contributed by atoms with Crippen molar-refractivity contribution in [3.8, 4) is 0 Å². The van der Waals surface area contributed by atoms with Crippen molar-refractivity contribution in [2.24, 2.45) is 11.7 Å². The number of hydrogen-bond acceptors (Lipinski definition) is 2. The number of hydrogen-bond donors (Lipinski definition) is 1. The molecule has 2 N–H and O–H groups in total.